The molecule has 136 valence electrons. The van der Waals surface area contributed by atoms with E-state index < -0.39 is 5.60 Å². The quantitative estimate of drug-likeness (QED) is 0.612. The van der Waals surface area contributed by atoms with Crippen molar-refractivity contribution in [3.8, 4) is 0 Å². The Kier molecular flexibility index (Phi) is 7.44. The Bertz CT molecular complexity index is 611. The molecule has 1 fully saturated rings. The molecule has 0 aromatic heterocycles. The Balaban J connectivity index is 0.00000225. The average Bonchev–Trinajstić information content (AvgIpc) is 3.09. The summed E-state index contributed by atoms with van der Waals surface area (Å²) in [5.41, 5.74) is 1.44. The van der Waals surface area contributed by atoms with Gasteiger partial charge in [0.1, 0.15) is 11.4 Å². The molecule has 2 aromatic rings. The zero-order valence-electron chi connectivity index (χ0n) is 14.4. The zero-order chi connectivity index (χ0) is 17.0. The topological polar surface area (TPSA) is 12.5 Å². The lowest BCUT2D eigenvalue weighted by Gasteiger charge is -2.32. The molecule has 3 rings (SSSR count). The van der Waals surface area contributed by atoms with Gasteiger partial charge in [0.2, 0.25) is 0 Å². The molecule has 0 N–H and O–H groups in total. The maximum atomic E-state index is 13.3. The van der Waals surface area contributed by atoms with E-state index in [9.17, 15) is 4.39 Å². The highest BCUT2D eigenvalue weighted by Crippen LogP contribution is 2.34. The first-order valence-electron chi connectivity index (χ1n) is 8.46. The maximum Gasteiger partial charge on any atom is 0.123 e. The number of ether oxygens (including phenoxy) is 1. The number of benzene rings is 2. The Morgan fingerprint density at radius 2 is 1.52 bits per heavy atom. The molecule has 5 heteroatoms. The van der Waals surface area contributed by atoms with Crippen LogP contribution in [-0.2, 0) is 10.3 Å². The van der Waals surface area contributed by atoms with Crippen LogP contribution < -0.4 is 0 Å². The van der Waals surface area contributed by atoms with Gasteiger partial charge in [0.05, 0.1) is 6.61 Å². The Hall–Kier alpha value is -0.940. The minimum atomic E-state index is -0.589. The van der Waals surface area contributed by atoms with Gasteiger partial charge in [0.15, 0.2) is 0 Å². The highest BCUT2D eigenvalue weighted by Gasteiger charge is 2.30. The lowest BCUT2D eigenvalue weighted by Crippen LogP contribution is -2.32. The number of hydrogen-bond acceptors (Lipinski definition) is 2. The molecule has 25 heavy (non-hydrogen) atoms. The van der Waals surface area contributed by atoms with Gasteiger partial charge in [-0.15, -0.1) is 12.4 Å². The SMILES string of the molecule is CC(OCCN1CCCC1)(c1ccc(F)cc1)c1ccc(Br)cc1.Cl. The van der Waals surface area contributed by atoms with Crippen LogP contribution in [0.2, 0.25) is 0 Å². The number of likely N-dealkylation sites (tertiary alicyclic amines) is 1. The standard InChI is InChI=1S/C20H23BrFNO.ClH/c1-20(16-4-8-18(21)9-5-16,17-6-10-19(22)11-7-17)24-15-14-23-12-2-3-13-23;/h4-11H,2-3,12-15H2,1H3;1H. The van der Waals surface area contributed by atoms with E-state index >= 15 is 0 Å². The molecule has 1 unspecified atom stereocenters. The first-order chi connectivity index (χ1) is 11.6. The largest absolute Gasteiger partial charge is 0.365 e. The second-order valence-electron chi connectivity index (χ2n) is 6.44. The van der Waals surface area contributed by atoms with Crippen molar-refractivity contribution in [2.24, 2.45) is 0 Å². The van der Waals surface area contributed by atoms with Crippen molar-refractivity contribution in [2.45, 2.75) is 25.4 Å². The van der Waals surface area contributed by atoms with Crippen LogP contribution in [-0.4, -0.2) is 31.1 Å². The van der Waals surface area contributed by atoms with E-state index in [4.69, 9.17) is 4.74 Å². The van der Waals surface area contributed by atoms with Gasteiger partial charge in [-0.1, -0.05) is 40.2 Å². The molecule has 1 atom stereocenters. The Labute approximate surface area is 163 Å². The molecular formula is C20H24BrClFNO. The molecule has 1 saturated heterocycles. The first-order valence-corrected chi connectivity index (χ1v) is 9.26. The van der Waals surface area contributed by atoms with Crippen LogP contribution in [0.1, 0.15) is 30.9 Å². The van der Waals surface area contributed by atoms with Crippen LogP contribution >= 0.6 is 28.3 Å². The molecular weight excluding hydrogens is 405 g/mol. The molecule has 0 spiro atoms. The van der Waals surface area contributed by atoms with Crippen LogP contribution in [0.3, 0.4) is 0 Å². The van der Waals surface area contributed by atoms with Crippen molar-refractivity contribution in [1.82, 2.24) is 4.90 Å². The number of rotatable bonds is 6. The number of halogens is 3. The van der Waals surface area contributed by atoms with E-state index in [1.807, 2.05) is 24.3 Å². The lowest BCUT2D eigenvalue weighted by atomic mass is 9.88. The summed E-state index contributed by atoms with van der Waals surface area (Å²) in [4.78, 5) is 2.44. The van der Waals surface area contributed by atoms with Crippen LogP contribution in [0.25, 0.3) is 0 Å². The van der Waals surface area contributed by atoms with Crippen molar-refractivity contribution in [3.05, 3.63) is 69.9 Å². The summed E-state index contributed by atoms with van der Waals surface area (Å²) >= 11 is 3.48. The fourth-order valence-electron chi connectivity index (χ4n) is 3.25. The smallest absolute Gasteiger partial charge is 0.123 e. The molecule has 1 heterocycles. The number of nitrogens with zero attached hydrogens (tertiary/aromatic N) is 1. The summed E-state index contributed by atoms with van der Waals surface area (Å²) in [5.74, 6) is -0.228. The molecule has 2 nitrogen and oxygen atoms in total. The maximum absolute atomic E-state index is 13.3. The van der Waals surface area contributed by atoms with Gasteiger partial charge in [-0.05, 0) is 68.2 Å². The third-order valence-electron chi connectivity index (χ3n) is 4.79. The van der Waals surface area contributed by atoms with Crippen LogP contribution in [0.5, 0.6) is 0 Å². The monoisotopic (exact) mass is 427 g/mol. The predicted octanol–water partition coefficient (Wildman–Crippen LogP) is 5.39. The highest BCUT2D eigenvalue weighted by atomic mass is 79.9. The third kappa shape index (κ3) is 5.04. The summed E-state index contributed by atoms with van der Waals surface area (Å²) in [6.45, 7) is 5.98. The minimum Gasteiger partial charge on any atom is -0.365 e. The van der Waals surface area contributed by atoms with Gasteiger partial charge in [-0.3, -0.25) is 0 Å². The highest BCUT2D eigenvalue weighted by molar-refractivity contribution is 9.10. The van der Waals surface area contributed by atoms with Gasteiger partial charge in [0, 0.05) is 11.0 Å². The summed E-state index contributed by atoms with van der Waals surface area (Å²) in [6.07, 6.45) is 2.56. The van der Waals surface area contributed by atoms with Crippen molar-refractivity contribution in [1.29, 1.82) is 0 Å². The second-order valence-corrected chi connectivity index (χ2v) is 7.36. The minimum absolute atomic E-state index is 0. The fourth-order valence-corrected chi connectivity index (χ4v) is 3.52. The molecule has 0 radical (unpaired) electrons. The van der Waals surface area contributed by atoms with E-state index in [-0.39, 0.29) is 18.2 Å². The van der Waals surface area contributed by atoms with E-state index in [1.165, 1.54) is 25.0 Å². The Morgan fingerprint density at radius 3 is 2.08 bits per heavy atom. The Morgan fingerprint density at radius 1 is 1.00 bits per heavy atom. The molecule has 0 saturated carbocycles. The summed E-state index contributed by atoms with van der Waals surface area (Å²) in [5, 5.41) is 0. The van der Waals surface area contributed by atoms with E-state index in [0.717, 1.165) is 35.2 Å². The van der Waals surface area contributed by atoms with Crippen molar-refractivity contribution < 1.29 is 9.13 Å². The van der Waals surface area contributed by atoms with E-state index in [0.29, 0.717) is 6.61 Å². The number of hydrogen-bond donors (Lipinski definition) is 0. The fraction of sp³-hybridized carbons (Fsp3) is 0.400. The molecule has 2 aromatic carbocycles. The third-order valence-corrected chi connectivity index (χ3v) is 5.32. The van der Waals surface area contributed by atoms with Crippen molar-refractivity contribution in [2.75, 3.05) is 26.2 Å². The predicted molar refractivity (Wildman–Crippen MR) is 106 cm³/mol. The van der Waals surface area contributed by atoms with E-state index in [2.05, 4.69) is 39.9 Å². The van der Waals surface area contributed by atoms with Gasteiger partial charge < -0.3 is 9.64 Å². The summed E-state index contributed by atoms with van der Waals surface area (Å²) in [7, 11) is 0. The van der Waals surface area contributed by atoms with Crippen LogP contribution in [0.15, 0.2) is 53.0 Å². The van der Waals surface area contributed by atoms with Crippen LogP contribution in [0, 0.1) is 5.82 Å². The average molecular weight is 429 g/mol. The summed E-state index contributed by atoms with van der Waals surface area (Å²) in [6, 6.07) is 14.8. The van der Waals surface area contributed by atoms with Gasteiger partial charge >= 0.3 is 0 Å². The molecule has 0 amide bonds. The van der Waals surface area contributed by atoms with Gasteiger partial charge in [0.25, 0.3) is 0 Å². The lowest BCUT2D eigenvalue weighted by molar-refractivity contribution is -0.0124. The van der Waals surface area contributed by atoms with Crippen molar-refractivity contribution >= 4 is 28.3 Å². The first kappa shape index (κ1) is 20.4. The normalized spacial score (nSPS) is 17.1. The van der Waals surface area contributed by atoms with Gasteiger partial charge in [-0.25, -0.2) is 4.39 Å². The summed E-state index contributed by atoms with van der Waals surface area (Å²) < 4.78 is 20.7. The molecule has 0 bridgehead atoms. The van der Waals surface area contributed by atoms with Crippen molar-refractivity contribution in [3.63, 3.8) is 0 Å². The zero-order valence-corrected chi connectivity index (χ0v) is 16.8. The second kappa shape index (κ2) is 9.13. The molecule has 1 aliphatic rings. The molecule has 0 aliphatic carbocycles. The van der Waals surface area contributed by atoms with Crippen LogP contribution in [0.4, 0.5) is 4.39 Å². The van der Waals surface area contributed by atoms with Gasteiger partial charge in [-0.2, -0.15) is 0 Å². The van der Waals surface area contributed by atoms with E-state index in [1.54, 1.807) is 0 Å². The molecule has 1 aliphatic heterocycles.